The molecule has 0 bridgehead atoms. The first-order valence-corrected chi connectivity index (χ1v) is 6.55. The summed E-state index contributed by atoms with van der Waals surface area (Å²) in [7, 11) is 2.04. The molecular formula is C15H20N4. The molecule has 4 nitrogen and oxygen atoms in total. The highest BCUT2D eigenvalue weighted by Crippen LogP contribution is 2.09. The summed E-state index contributed by atoms with van der Waals surface area (Å²) in [6.45, 7) is 1.40. The van der Waals surface area contributed by atoms with Crippen LogP contribution >= 0.6 is 0 Å². The minimum Gasteiger partial charge on any atom is -0.358 e. The number of hydrogen-bond donors (Lipinski definition) is 1. The van der Waals surface area contributed by atoms with Crippen molar-refractivity contribution in [2.45, 2.75) is 19.4 Å². The summed E-state index contributed by atoms with van der Waals surface area (Å²) < 4.78 is 0. The van der Waals surface area contributed by atoms with Gasteiger partial charge in [0.1, 0.15) is 5.82 Å². The third-order valence-corrected chi connectivity index (χ3v) is 3.09. The second-order valence-corrected chi connectivity index (χ2v) is 4.58. The first-order valence-electron chi connectivity index (χ1n) is 6.55. The van der Waals surface area contributed by atoms with Gasteiger partial charge < -0.3 is 10.6 Å². The molecule has 19 heavy (non-hydrogen) atoms. The fourth-order valence-corrected chi connectivity index (χ4v) is 1.93. The molecule has 0 spiro atoms. The maximum absolute atomic E-state index is 5.50. The number of aromatic nitrogens is 2. The fourth-order valence-electron chi connectivity index (χ4n) is 1.93. The van der Waals surface area contributed by atoms with Crippen LogP contribution in [0, 0.1) is 0 Å². The quantitative estimate of drug-likeness (QED) is 0.859. The molecule has 0 fully saturated rings. The van der Waals surface area contributed by atoms with E-state index in [0.717, 1.165) is 30.9 Å². The topological polar surface area (TPSA) is 55.0 Å². The van der Waals surface area contributed by atoms with Gasteiger partial charge >= 0.3 is 0 Å². The minimum absolute atomic E-state index is 0.436. The second kappa shape index (κ2) is 6.85. The van der Waals surface area contributed by atoms with E-state index in [1.54, 1.807) is 12.4 Å². The number of benzene rings is 1. The zero-order valence-corrected chi connectivity index (χ0v) is 11.3. The van der Waals surface area contributed by atoms with Gasteiger partial charge in [-0.15, -0.1) is 0 Å². The van der Waals surface area contributed by atoms with E-state index in [0.29, 0.717) is 6.54 Å². The molecule has 0 unspecified atom stereocenters. The van der Waals surface area contributed by atoms with Crippen LogP contribution in [0.2, 0.25) is 0 Å². The molecule has 0 amide bonds. The average Bonchev–Trinajstić information content (AvgIpc) is 2.48. The Bertz CT molecular complexity index is 481. The van der Waals surface area contributed by atoms with E-state index >= 15 is 0 Å². The van der Waals surface area contributed by atoms with Gasteiger partial charge in [0, 0.05) is 20.1 Å². The van der Waals surface area contributed by atoms with E-state index in [2.05, 4.69) is 39.1 Å². The summed E-state index contributed by atoms with van der Waals surface area (Å²) in [5, 5.41) is 0. The third kappa shape index (κ3) is 4.03. The fraction of sp³-hybridized carbons (Fsp3) is 0.333. The van der Waals surface area contributed by atoms with Crippen LogP contribution in [-0.2, 0) is 13.0 Å². The average molecular weight is 256 g/mol. The van der Waals surface area contributed by atoms with Crippen molar-refractivity contribution in [2.75, 3.05) is 18.5 Å². The van der Waals surface area contributed by atoms with E-state index in [1.807, 2.05) is 13.1 Å². The normalized spacial score (nSPS) is 10.4. The third-order valence-electron chi connectivity index (χ3n) is 3.09. The molecule has 0 atom stereocenters. The molecule has 0 saturated carbocycles. The highest BCUT2D eigenvalue weighted by atomic mass is 15.2. The van der Waals surface area contributed by atoms with E-state index in [4.69, 9.17) is 5.73 Å². The summed E-state index contributed by atoms with van der Waals surface area (Å²) >= 11 is 0. The highest BCUT2D eigenvalue weighted by Gasteiger charge is 2.03. The standard InChI is InChI=1S/C15H20N4/c1-19(15-12-17-14(10-16)11-18-15)9-5-8-13-6-3-2-4-7-13/h2-4,6-7,11-12H,5,8-10,16H2,1H3. The molecule has 0 aliphatic carbocycles. The van der Waals surface area contributed by atoms with Crippen molar-refractivity contribution in [3.63, 3.8) is 0 Å². The van der Waals surface area contributed by atoms with Gasteiger partial charge in [-0.25, -0.2) is 4.98 Å². The van der Waals surface area contributed by atoms with Crippen molar-refractivity contribution in [1.29, 1.82) is 0 Å². The Balaban J connectivity index is 1.82. The Morgan fingerprint density at radius 3 is 2.53 bits per heavy atom. The molecule has 1 aromatic carbocycles. The Morgan fingerprint density at radius 1 is 1.11 bits per heavy atom. The van der Waals surface area contributed by atoms with Crippen LogP contribution in [0.5, 0.6) is 0 Å². The first kappa shape index (κ1) is 13.5. The largest absolute Gasteiger partial charge is 0.358 e. The molecule has 0 aliphatic rings. The Hall–Kier alpha value is -1.94. The molecule has 0 radical (unpaired) electrons. The number of rotatable bonds is 6. The molecule has 1 aromatic heterocycles. The van der Waals surface area contributed by atoms with Crippen molar-refractivity contribution >= 4 is 5.82 Å². The van der Waals surface area contributed by atoms with Crippen LogP contribution < -0.4 is 10.6 Å². The smallest absolute Gasteiger partial charge is 0.146 e. The van der Waals surface area contributed by atoms with Crippen molar-refractivity contribution in [2.24, 2.45) is 5.73 Å². The monoisotopic (exact) mass is 256 g/mol. The van der Waals surface area contributed by atoms with Crippen LogP contribution in [-0.4, -0.2) is 23.6 Å². The molecule has 0 aliphatic heterocycles. The lowest BCUT2D eigenvalue weighted by molar-refractivity contribution is 0.773. The summed E-state index contributed by atoms with van der Waals surface area (Å²) in [6.07, 6.45) is 5.70. The molecule has 2 N–H and O–H groups in total. The van der Waals surface area contributed by atoms with Gasteiger partial charge in [0.05, 0.1) is 18.1 Å². The van der Waals surface area contributed by atoms with Crippen LogP contribution in [0.1, 0.15) is 17.7 Å². The summed E-state index contributed by atoms with van der Waals surface area (Å²) in [4.78, 5) is 10.7. The summed E-state index contributed by atoms with van der Waals surface area (Å²) in [5.74, 6) is 0.894. The number of aryl methyl sites for hydroxylation is 1. The molecule has 4 heteroatoms. The van der Waals surface area contributed by atoms with Gasteiger partial charge in [0.25, 0.3) is 0 Å². The summed E-state index contributed by atoms with van der Waals surface area (Å²) in [6, 6.07) is 10.5. The van der Waals surface area contributed by atoms with Gasteiger partial charge in [-0.3, -0.25) is 4.98 Å². The maximum atomic E-state index is 5.50. The van der Waals surface area contributed by atoms with Gasteiger partial charge in [-0.1, -0.05) is 30.3 Å². The first-order chi connectivity index (χ1) is 9.29. The van der Waals surface area contributed by atoms with Gasteiger partial charge in [0.2, 0.25) is 0 Å². The van der Waals surface area contributed by atoms with Gasteiger partial charge in [-0.2, -0.15) is 0 Å². The zero-order chi connectivity index (χ0) is 13.5. The van der Waals surface area contributed by atoms with Crippen LogP contribution in [0.4, 0.5) is 5.82 Å². The van der Waals surface area contributed by atoms with E-state index < -0.39 is 0 Å². The predicted molar refractivity (Wildman–Crippen MR) is 78.0 cm³/mol. The summed E-state index contributed by atoms with van der Waals surface area (Å²) in [5.41, 5.74) is 7.70. The van der Waals surface area contributed by atoms with Crippen LogP contribution in [0.15, 0.2) is 42.7 Å². The van der Waals surface area contributed by atoms with E-state index in [9.17, 15) is 0 Å². The van der Waals surface area contributed by atoms with Gasteiger partial charge in [0.15, 0.2) is 0 Å². The Morgan fingerprint density at radius 2 is 1.89 bits per heavy atom. The van der Waals surface area contributed by atoms with Crippen LogP contribution in [0.3, 0.4) is 0 Å². The second-order valence-electron chi connectivity index (χ2n) is 4.58. The molecule has 2 aromatic rings. The SMILES string of the molecule is CN(CCCc1ccccc1)c1cnc(CN)cn1. The van der Waals surface area contributed by atoms with Crippen molar-refractivity contribution in [1.82, 2.24) is 9.97 Å². The van der Waals surface area contributed by atoms with Gasteiger partial charge in [-0.05, 0) is 18.4 Å². The van der Waals surface area contributed by atoms with Crippen molar-refractivity contribution in [3.8, 4) is 0 Å². The van der Waals surface area contributed by atoms with E-state index in [-0.39, 0.29) is 0 Å². The highest BCUT2D eigenvalue weighted by molar-refractivity contribution is 5.34. The minimum atomic E-state index is 0.436. The zero-order valence-electron chi connectivity index (χ0n) is 11.3. The van der Waals surface area contributed by atoms with Crippen molar-refractivity contribution < 1.29 is 0 Å². The predicted octanol–water partition coefficient (Wildman–Crippen LogP) is 2.00. The molecule has 1 heterocycles. The number of nitrogens with two attached hydrogens (primary N) is 1. The number of hydrogen-bond acceptors (Lipinski definition) is 4. The van der Waals surface area contributed by atoms with E-state index in [1.165, 1.54) is 5.56 Å². The number of nitrogens with zero attached hydrogens (tertiary/aromatic N) is 3. The Kier molecular flexibility index (Phi) is 4.86. The molecular weight excluding hydrogens is 236 g/mol. The maximum Gasteiger partial charge on any atom is 0.146 e. The lowest BCUT2D eigenvalue weighted by Crippen LogP contribution is -2.20. The van der Waals surface area contributed by atoms with Crippen LogP contribution in [0.25, 0.3) is 0 Å². The lowest BCUT2D eigenvalue weighted by atomic mass is 10.1. The molecule has 0 saturated heterocycles. The number of anilines is 1. The lowest BCUT2D eigenvalue weighted by Gasteiger charge is -2.17. The van der Waals surface area contributed by atoms with Crippen molar-refractivity contribution in [3.05, 3.63) is 54.0 Å². The molecule has 2 rings (SSSR count). The Labute approximate surface area is 114 Å². The molecule has 100 valence electrons.